The number of alkyl halides is 3. The zero-order valence-electron chi connectivity index (χ0n) is 20.5. The fraction of sp³-hybridized carbons (Fsp3) is 0.640. The average Bonchev–Trinajstić information content (AvgIpc) is 3.07. The molecule has 1 aromatic rings. The Hall–Kier alpha value is -2.82. The van der Waals surface area contributed by atoms with Crippen LogP contribution >= 0.6 is 0 Å². The molecule has 0 bridgehead atoms. The minimum Gasteiger partial charge on any atom is -0.469 e. The summed E-state index contributed by atoms with van der Waals surface area (Å²) >= 11 is 0. The highest BCUT2D eigenvalue weighted by molar-refractivity contribution is 5.89. The molecule has 1 saturated carbocycles. The molecular weight excluding hydrogens is 479 g/mol. The Kier molecular flexibility index (Phi) is 9.58. The summed E-state index contributed by atoms with van der Waals surface area (Å²) in [5.74, 6) is -1.66. The number of carbonyl (C=O) groups is 3. The van der Waals surface area contributed by atoms with E-state index in [4.69, 9.17) is 4.74 Å². The lowest BCUT2D eigenvalue weighted by atomic mass is 9.83. The molecule has 0 saturated heterocycles. The van der Waals surface area contributed by atoms with E-state index >= 15 is 0 Å². The molecule has 0 unspecified atom stereocenters. The van der Waals surface area contributed by atoms with Crippen LogP contribution in [0, 0.1) is 5.92 Å². The summed E-state index contributed by atoms with van der Waals surface area (Å²) in [5, 5.41) is 12.4. The zero-order valence-corrected chi connectivity index (χ0v) is 20.5. The van der Waals surface area contributed by atoms with Gasteiger partial charge in [-0.3, -0.25) is 9.59 Å². The number of anilines is 1. The molecule has 11 heteroatoms. The number of nitrogens with one attached hydrogen (secondary N) is 1. The van der Waals surface area contributed by atoms with Crippen LogP contribution in [0.4, 0.5) is 23.7 Å². The van der Waals surface area contributed by atoms with E-state index in [2.05, 4.69) is 5.32 Å². The number of esters is 1. The molecule has 1 heterocycles. The van der Waals surface area contributed by atoms with Crippen molar-refractivity contribution in [3.63, 3.8) is 0 Å². The van der Waals surface area contributed by atoms with Crippen molar-refractivity contribution in [3.05, 3.63) is 29.3 Å². The van der Waals surface area contributed by atoms with Gasteiger partial charge in [0.25, 0.3) is 0 Å². The SMILES string of the molecule is COC(=O)CC[C@H]1CC[C@H](N(CCO)C(=O)Nc2ccc3c(c2)CCN(C(=O)C(F)(F)F)CC3)CC1. The van der Waals surface area contributed by atoms with Crippen molar-refractivity contribution < 1.29 is 37.4 Å². The molecule has 1 aliphatic heterocycles. The summed E-state index contributed by atoms with van der Waals surface area (Å²) in [6.45, 7) is -0.0477. The first-order valence-corrected chi connectivity index (χ1v) is 12.4. The van der Waals surface area contributed by atoms with E-state index in [1.165, 1.54) is 7.11 Å². The number of aliphatic hydroxyl groups excluding tert-OH is 1. The standard InChI is InChI=1S/C25H34F3N3O5/c1-36-22(33)9-4-17-2-7-21(8-3-17)31(14-15-32)24(35)29-20-6-5-18-10-12-30(13-11-19(18)16-20)23(34)25(26,27)28/h5-6,16-17,21,32H,2-4,7-15H2,1H3,(H,29,35)/t17-,21-. The molecule has 3 rings (SSSR count). The molecule has 0 atom stereocenters. The summed E-state index contributed by atoms with van der Waals surface area (Å²) in [7, 11) is 1.37. The lowest BCUT2D eigenvalue weighted by Gasteiger charge is -2.36. The van der Waals surface area contributed by atoms with Gasteiger partial charge in [-0.2, -0.15) is 13.2 Å². The molecule has 1 fully saturated rings. The second-order valence-electron chi connectivity index (χ2n) is 9.41. The average molecular weight is 514 g/mol. The zero-order chi connectivity index (χ0) is 26.3. The highest BCUT2D eigenvalue weighted by Crippen LogP contribution is 2.31. The summed E-state index contributed by atoms with van der Waals surface area (Å²) in [6.07, 6.45) is 0.106. The van der Waals surface area contributed by atoms with Crippen LogP contribution in [-0.2, 0) is 27.2 Å². The number of aliphatic hydroxyl groups is 1. The smallest absolute Gasteiger partial charge is 0.469 e. The molecular formula is C25H34F3N3O5. The van der Waals surface area contributed by atoms with Crippen molar-refractivity contribution in [2.45, 2.75) is 63.6 Å². The first-order chi connectivity index (χ1) is 17.1. The summed E-state index contributed by atoms with van der Waals surface area (Å²) in [5.41, 5.74) is 2.16. The van der Waals surface area contributed by atoms with Crippen molar-refractivity contribution in [2.75, 3.05) is 38.7 Å². The number of methoxy groups -OCH3 is 1. The van der Waals surface area contributed by atoms with Gasteiger partial charge in [0.15, 0.2) is 0 Å². The van der Waals surface area contributed by atoms with Gasteiger partial charge in [0.2, 0.25) is 0 Å². The van der Waals surface area contributed by atoms with E-state index in [1.807, 2.05) is 0 Å². The molecule has 0 aromatic heterocycles. The number of rotatable bonds is 7. The van der Waals surface area contributed by atoms with E-state index in [1.54, 1.807) is 23.1 Å². The summed E-state index contributed by atoms with van der Waals surface area (Å²) in [4.78, 5) is 38.6. The number of nitrogens with zero attached hydrogens (tertiary/aromatic N) is 2. The van der Waals surface area contributed by atoms with E-state index in [0.29, 0.717) is 24.4 Å². The quantitative estimate of drug-likeness (QED) is 0.544. The van der Waals surface area contributed by atoms with Crippen LogP contribution < -0.4 is 5.32 Å². The molecule has 0 spiro atoms. The molecule has 3 amide bonds. The van der Waals surface area contributed by atoms with Crippen LogP contribution in [-0.4, -0.2) is 78.4 Å². The van der Waals surface area contributed by atoms with Gasteiger partial charge in [0, 0.05) is 37.8 Å². The number of benzene rings is 1. The first-order valence-electron chi connectivity index (χ1n) is 12.4. The molecule has 1 aromatic carbocycles. The molecule has 8 nitrogen and oxygen atoms in total. The Morgan fingerprint density at radius 3 is 2.39 bits per heavy atom. The monoisotopic (exact) mass is 513 g/mol. The third-order valence-electron chi connectivity index (χ3n) is 7.13. The number of urea groups is 1. The third-order valence-corrected chi connectivity index (χ3v) is 7.13. The first kappa shape index (κ1) is 27.8. The Morgan fingerprint density at radius 1 is 1.11 bits per heavy atom. The molecule has 200 valence electrons. The molecule has 2 aliphatic rings. The van der Waals surface area contributed by atoms with Crippen molar-refractivity contribution in [3.8, 4) is 0 Å². The normalized spacial score (nSPS) is 20.2. The van der Waals surface area contributed by atoms with Crippen LogP contribution in [0.5, 0.6) is 0 Å². The highest BCUT2D eigenvalue weighted by Gasteiger charge is 2.42. The number of fused-ring (bicyclic) bond motifs is 1. The van der Waals surface area contributed by atoms with Gasteiger partial charge in [0.1, 0.15) is 0 Å². The van der Waals surface area contributed by atoms with Gasteiger partial charge in [-0.1, -0.05) is 6.07 Å². The van der Waals surface area contributed by atoms with Gasteiger partial charge in [-0.25, -0.2) is 4.79 Å². The number of ether oxygens (including phenoxy) is 1. The van der Waals surface area contributed by atoms with E-state index in [9.17, 15) is 32.7 Å². The summed E-state index contributed by atoms with van der Waals surface area (Å²) < 4.78 is 43.2. The topological polar surface area (TPSA) is 99.2 Å². The Bertz CT molecular complexity index is 932. The predicted octanol–water partition coefficient (Wildman–Crippen LogP) is 3.51. The number of halogens is 3. The maximum atomic E-state index is 13.1. The van der Waals surface area contributed by atoms with Gasteiger partial charge in [-0.05, 0) is 74.1 Å². The minimum atomic E-state index is -4.90. The van der Waals surface area contributed by atoms with Crippen molar-refractivity contribution in [2.24, 2.45) is 5.92 Å². The van der Waals surface area contributed by atoms with E-state index in [-0.39, 0.29) is 50.7 Å². The van der Waals surface area contributed by atoms with Gasteiger partial charge < -0.3 is 25.0 Å². The second kappa shape index (κ2) is 12.4. The maximum absolute atomic E-state index is 13.1. The van der Waals surface area contributed by atoms with Gasteiger partial charge in [-0.15, -0.1) is 0 Å². The van der Waals surface area contributed by atoms with E-state index < -0.39 is 12.1 Å². The lowest BCUT2D eigenvalue weighted by molar-refractivity contribution is -0.185. The fourth-order valence-corrected chi connectivity index (χ4v) is 5.11. The number of hydrogen-bond donors (Lipinski definition) is 2. The Morgan fingerprint density at radius 2 is 1.78 bits per heavy atom. The van der Waals surface area contributed by atoms with Crippen LogP contribution in [0.25, 0.3) is 0 Å². The number of hydrogen-bond acceptors (Lipinski definition) is 5. The van der Waals surface area contributed by atoms with Crippen LogP contribution in [0.3, 0.4) is 0 Å². The van der Waals surface area contributed by atoms with Gasteiger partial charge >= 0.3 is 24.1 Å². The third kappa shape index (κ3) is 7.35. The molecule has 1 aliphatic carbocycles. The second-order valence-corrected chi connectivity index (χ2v) is 9.41. The number of carbonyl (C=O) groups excluding carboxylic acids is 3. The van der Waals surface area contributed by atoms with Crippen molar-refractivity contribution >= 4 is 23.6 Å². The van der Waals surface area contributed by atoms with Crippen LogP contribution in [0.15, 0.2) is 18.2 Å². The maximum Gasteiger partial charge on any atom is 0.471 e. The highest BCUT2D eigenvalue weighted by atomic mass is 19.4. The van der Waals surface area contributed by atoms with Crippen LogP contribution in [0.1, 0.15) is 49.7 Å². The molecule has 2 N–H and O–H groups in total. The molecule has 0 radical (unpaired) electrons. The fourth-order valence-electron chi connectivity index (χ4n) is 5.11. The van der Waals surface area contributed by atoms with Gasteiger partial charge in [0.05, 0.1) is 13.7 Å². The lowest BCUT2D eigenvalue weighted by Crippen LogP contribution is -2.46. The largest absolute Gasteiger partial charge is 0.471 e. The Labute approximate surface area is 208 Å². The van der Waals surface area contributed by atoms with Crippen molar-refractivity contribution in [1.82, 2.24) is 9.80 Å². The molecule has 36 heavy (non-hydrogen) atoms. The van der Waals surface area contributed by atoms with E-state index in [0.717, 1.165) is 48.1 Å². The predicted molar refractivity (Wildman–Crippen MR) is 126 cm³/mol. The van der Waals surface area contributed by atoms with Crippen LogP contribution in [0.2, 0.25) is 0 Å². The van der Waals surface area contributed by atoms with Crippen molar-refractivity contribution in [1.29, 1.82) is 0 Å². The number of amides is 3. The minimum absolute atomic E-state index is 0.0103. The summed E-state index contributed by atoms with van der Waals surface area (Å²) in [6, 6.07) is 4.85. The Balaban J connectivity index is 1.59.